The number of carbonyl (C=O) groups is 2. The molecule has 1 unspecified atom stereocenters. The molecule has 0 aromatic heterocycles. The smallest absolute Gasteiger partial charge is 0.314 e. The van der Waals surface area contributed by atoms with Gasteiger partial charge in [0.1, 0.15) is 0 Å². The Hall–Kier alpha value is -1.06. The van der Waals surface area contributed by atoms with Crippen LogP contribution in [0.2, 0.25) is 0 Å². The summed E-state index contributed by atoms with van der Waals surface area (Å²) in [6.07, 6.45) is -0.819. The summed E-state index contributed by atoms with van der Waals surface area (Å²) < 4.78 is 10.6. The summed E-state index contributed by atoms with van der Waals surface area (Å²) in [5, 5.41) is 0. The Balaban J connectivity index is 4.69. The SMILES string of the molecule is CC(C)C(OC(=O)[C@@H](C)C(C)C)OC(=O)C(C)(C)C. The van der Waals surface area contributed by atoms with Crippen LogP contribution in [0.1, 0.15) is 55.4 Å². The van der Waals surface area contributed by atoms with Crippen LogP contribution in [-0.2, 0) is 19.1 Å². The minimum Gasteiger partial charge on any atom is -0.425 e. The van der Waals surface area contributed by atoms with E-state index in [0.717, 1.165) is 0 Å². The quantitative estimate of drug-likeness (QED) is 0.568. The predicted octanol–water partition coefficient (Wildman–Crippen LogP) is 3.39. The van der Waals surface area contributed by atoms with E-state index >= 15 is 0 Å². The molecule has 0 spiro atoms. The number of esters is 2. The van der Waals surface area contributed by atoms with Gasteiger partial charge in [-0.15, -0.1) is 0 Å². The van der Waals surface area contributed by atoms with Crippen molar-refractivity contribution in [2.24, 2.45) is 23.2 Å². The summed E-state index contributed by atoms with van der Waals surface area (Å²) in [7, 11) is 0. The zero-order valence-electron chi connectivity index (χ0n) is 13.4. The zero-order chi connectivity index (χ0) is 15.4. The second kappa shape index (κ2) is 6.92. The zero-order valence-corrected chi connectivity index (χ0v) is 13.4. The van der Waals surface area contributed by atoms with Crippen molar-refractivity contribution in [3.8, 4) is 0 Å². The van der Waals surface area contributed by atoms with Gasteiger partial charge in [-0.1, -0.05) is 34.6 Å². The highest BCUT2D eigenvalue weighted by atomic mass is 16.7. The molecule has 4 heteroatoms. The van der Waals surface area contributed by atoms with Crippen LogP contribution in [0.25, 0.3) is 0 Å². The Bertz CT molecular complexity index is 313. The van der Waals surface area contributed by atoms with Crippen molar-refractivity contribution in [1.29, 1.82) is 0 Å². The van der Waals surface area contributed by atoms with E-state index in [4.69, 9.17) is 9.47 Å². The van der Waals surface area contributed by atoms with E-state index in [0.29, 0.717) is 0 Å². The molecule has 0 aromatic rings. The van der Waals surface area contributed by atoms with E-state index in [-0.39, 0.29) is 29.7 Å². The van der Waals surface area contributed by atoms with Crippen LogP contribution < -0.4 is 0 Å². The summed E-state index contributed by atoms with van der Waals surface area (Å²) in [6, 6.07) is 0. The molecule has 0 aliphatic heterocycles. The van der Waals surface area contributed by atoms with Gasteiger partial charge in [-0.3, -0.25) is 9.59 Å². The molecule has 0 bridgehead atoms. The first-order valence-electron chi connectivity index (χ1n) is 6.88. The van der Waals surface area contributed by atoms with Gasteiger partial charge in [0.05, 0.1) is 11.3 Å². The molecule has 0 aliphatic carbocycles. The Labute approximate surface area is 116 Å². The summed E-state index contributed by atoms with van der Waals surface area (Å²) >= 11 is 0. The maximum atomic E-state index is 11.9. The van der Waals surface area contributed by atoms with Gasteiger partial charge in [-0.25, -0.2) is 0 Å². The fourth-order valence-corrected chi connectivity index (χ4v) is 1.07. The van der Waals surface area contributed by atoms with Crippen LogP contribution in [0.15, 0.2) is 0 Å². The van der Waals surface area contributed by atoms with E-state index in [1.165, 1.54) is 0 Å². The molecule has 0 saturated heterocycles. The molecule has 0 radical (unpaired) electrons. The molecular weight excluding hydrogens is 244 g/mol. The van der Waals surface area contributed by atoms with Gasteiger partial charge in [-0.2, -0.15) is 0 Å². The third-order valence-corrected chi connectivity index (χ3v) is 2.98. The molecule has 0 aromatic carbocycles. The minimum atomic E-state index is -0.819. The van der Waals surface area contributed by atoms with Crippen molar-refractivity contribution in [2.45, 2.75) is 61.7 Å². The molecule has 19 heavy (non-hydrogen) atoms. The Morgan fingerprint density at radius 2 is 1.32 bits per heavy atom. The van der Waals surface area contributed by atoms with E-state index in [1.54, 1.807) is 20.8 Å². The first kappa shape index (κ1) is 17.9. The second-order valence-corrected chi connectivity index (χ2v) is 6.74. The third kappa shape index (κ3) is 6.08. The molecule has 0 fully saturated rings. The van der Waals surface area contributed by atoms with Gasteiger partial charge >= 0.3 is 11.9 Å². The standard InChI is InChI=1S/C15H28O4/c1-9(2)11(5)12(16)18-13(10(3)4)19-14(17)15(6,7)8/h9-11,13H,1-8H3/t11-,13?/m0/s1. The number of carbonyl (C=O) groups excluding carboxylic acids is 2. The average molecular weight is 272 g/mol. The van der Waals surface area contributed by atoms with Crippen molar-refractivity contribution in [1.82, 2.24) is 0 Å². The van der Waals surface area contributed by atoms with Gasteiger partial charge in [0.25, 0.3) is 0 Å². The molecule has 0 amide bonds. The monoisotopic (exact) mass is 272 g/mol. The van der Waals surface area contributed by atoms with Crippen molar-refractivity contribution >= 4 is 11.9 Å². The largest absolute Gasteiger partial charge is 0.425 e. The maximum Gasteiger partial charge on any atom is 0.314 e. The average Bonchev–Trinajstić information content (AvgIpc) is 2.24. The lowest BCUT2D eigenvalue weighted by Gasteiger charge is -2.27. The Kier molecular flexibility index (Phi) is 6.53. The molecule has 0 rings (SSSR count). The molecule has 0 N–H and O–H groups in total. The predicted molar refractivity (Wildman–Crippen MR) is 74.3 cm³/mol. The highest BCUT2D eigenvalue weighted by Crippen LogP contribution is 2.21. The van der Waals surface area contributed by atoms with Crippen molar-refractivity contribution in [2.75, 3.05) is 0 Å². The van der Waals surface area contributed by atoms with Crippen molar-refractivity contribution in [3.05, 3.63) is 0 Å². The van der Waals surface area contributed by atoms with E-state index in [1.807, 2.05) is 34.6 Å². The highest BCUT2D eigenvalue weighted by molar-refractivity contribution is 5.76. The summed E-state index contributed by atoms with van der Waals surface area (Å²) in [5.41, 5.74) is -0.608. The lowest BCUT2D eigenvalue weighted by molar-refractivity contribution is -0.204. The number of hydrogen-bond donors (Lipinski definition) is 0. The van der Waals surface area contributed by atoms with Crippen molar-refractivity contribution in [3.63, 3.8) is 0 Å². The van der Waals surface area contributed by atoms with Crippen LogP contribution in [0.3, 0.4) is 0 Å². The van der Waals surface area contributed by atoms with E-state index < -0.39 is 11.7 Å². The van der Waals surface area contributed by atoms with E-state index in [2.05, 4.69) is 0 Å². The summed E-state index contributed by atoms with van der Waals surface area (Å²) in [6.45, 7) is 14.7. The van der Waals surface area contributed by atoms with Gasteiger partial charge < -0.3 is 9.47 Å². The van der Waals surface area contributed by atoms with Gasteiger partial charge in [0.15, 0.2) is 0 Å². The van der Waals surface area contributed by atoms with Crippen LogP contribution in [0.5, 0.6) is 0 Å². The fraction of sp³-hybridized carbons (Fsp3) is 0.867. The lowest BCUT2D eigenvalue weighted by atomic mass is 9.97. The summed E-state index contributed by atoms with van der Waals surface area (Å²) in [4.78, 5) is 23.8. The van der Waals surface area contributed by atoms with Gasteiger partial charge in [0, 0.05) is 5.92 Å². The highest BCUT2D eigenvalue weighted by Gasteiger charge is 2.31. The number of ether oxygens (including phenoxy) is 2. The lowest BCUT2D eigenvalue weighted by Crippen LogP contribution is -2.36. The van der Waals surface area contributed by atoms with E-state index in [9.17, 15) is 9.59 Å². The molecule has 112 valence electrons. The minimum absolute atomic E-state index is 0.0744. The Morgan fingerprint density at radius 1 is 0.842 bits per heavy atom. The molecule has 0 aliphatic rings. The first-order chi connectivity index (χ1) is 8.46. The van der Waals surface area contributed by atoms with Gasteiger partial charge in [-0.05, 0) is 26.7 Å². The topological polar surface area (TPSA) is 52.6 Å². The molecule has 2 atom stereocenters. The maximum absolute atomic E-state index is 11.9. The fourth-order valence-electron chi connectivity index (χ4n) is 1.07. The van der Waals surface area contributed by atoms with Crippen LogP contribution in [0, 0.1) is 23.2 Å². The van der Waals surface area contributed by atoms with Crippen molar-refractivity contribution < 1.29 is 19.1 Å². The van der Waals surface area contributed by atoms with Gasteiger partial charge in [0.2, 0.25) is 6.29 Å². The van der Waals surface area contributed by atoms with Crippen LogP contribution in [0.4, 0.5) is 0 Å². The second-order valence-electron chi connectivity index (χ2n) is 6.74. The van der Waals surface area contributed by atoms with Crippen LogP contribution in [-0.4, -0.2) is 18.2 Å². The normalized spacial score (nSPS) is 15.3. The third-order valence-electron chi connectivity index (χ3n) is 2.98. The molecular formula is C15H28O4. The van der Waals surface area contributed by atoms with Crippen LogP contribution >= 0.6 is 0 Å². The molecule has 4 nitrogen and oxygen atoms in total. The number of hydrogen-bond acceptors (Lipinski definition) is 4. The summed E-state index contributed by atoms with van der Waals surface area (Å²) in [5.74, 6) is -0.783. The molecule has 0 heterocycles. The Morgan fingerprint density at radius 3 is 1.63 bits per heavy atom. The molecule has 0 saturated carbocycles. The first-order valence-corrected chi connectivity index (χ1v) is 6.88. The number of rotatable bonds is 5.